The van der Waals surface area contributed by atoms with Crippen LogP contribution in [0.15, 0.2) is 22.7 Å². The maximum Gasteiger partial charge on any atom is 0.410 e. The highest BCUT2D eigenvalue weighted by Gasteiger charge is 2.28. The van der Waals surface area contributed by atoms with Gasteiger partial charge in [-0.25, -0.2) is 4.79 Å². The molecule has 1 aliphatic carbocycles. The Bertz CT molecular complexity index is 1030. The Morgan fingerprint density at radius 2 is 1.80 bits per heavy atom. The summed E-state index contributed by atoms with van der Waals surface area (Å²) in [6.45, 7) is 6.94. The lowest BCUT2D eigenvalue weighted by atomic mass is 9.80. The van der Waals surface area contributed by atoms with Crippen LogP contribution >= 0.6 is 0 Å². The summed E-state index contributed by atoms with van der Waals surface area (Å²) in [5, 5.41) is 4.28. The van der Waals surface area contributed by atoms with E-state index >= 15 is 0 Å². The van der Waals surface area contributed by atoms with E-state index in [9.17, 15) is 9.59 Å². The first-order valence-corrected chi connectivity index (χ1v) is 12.7. The minimum absolute atomic E-state index is 0.132. The van der Waals surface area contributed by atoms with E-state index in [2.05, 4.69) is 17.3 Å². The monoisotopic (exact) mass is 483 g/mol. The molecule has 2 aliphatic rings. The van der Waals surface area contributed by atoms with Gasteiger partial charge in [-0.15, -0.1) is 0 Å². The van der Waals surface area contributed by atoms with Gasteiger partial charge in [0, 0.05) is 31.0 Å². The number of aromatic nitrogens is 2. The molecule has 0 bridgehead atoms. The number of amides is 1. The molecule has 8 heteroatoms. The third kappa shape index (κ3) is 6.61. The van der Waals surface area contributed by atoms with Gasteiger partial charge >= 0.3 is 12.1 Å². The number of carbonyl (C=O) groups is 2. The number of rotatable bonds is 5. The Balaban J connectivity index is 1.36. The van der Waals surface area contributed by atoms with E-state index in [0.29, 0.717) is 37.1 Å². The van der Waals surface area contributed by atoms with Gasteiger partial charge in [-0.1, -0.05) is 17.3 Å². The van der Waals surface area contributed by atoms with Crippen LogP contribution in [0.25, 0.3) is 11.4 Å². The van der Waals surface area contributed by atoms with Crippen molar-refractivity contribution < 1.29 is 23.6 Å². The summed E-state index contributed by atoms with van der Waals surface area (Å²) in [6.07, 6.45) is 6.80. The van der Waals surface area contributed by atoms with Gasteiger partial charge in [-0.3, -0.25) is 4.79 Å². The van der Waals surface area contributed by atoms with Crippen LogP contribution in [-0.4, -0.2) is 52.9 Å². The first-order valence-electron chi connectivity index (χ1n) is 12.7. The highest BCUT2D eigenvalue weighted by molar-refractivity contribution is 5.69. The third-order valence-electron chi connectivity index (χ3n) is 7.04. The summed E-state index contributed by atoms with van der Waals surface area (Å²) in [4.78, 5) is 30.4. The van der Waals surface area contributed by atoms with Gasteiger partial charge in [0.1, 0.15) is 5.60 Å². The standard InChI is InChI=1S/C27H37N3O5/c1-27(2,3)34-26(32)30-15-13-19-10-11-22(17-21(19)14-16-30)24-28-25(35-29-24)20-8-5-18(6-9-20)7-12-23(31)33-4/h10-11,17-18,20H,5-9,12-16H2,1-4H3/t18-,20-. The molecule has 0 radical (unpaired) electrons. The summed E-state index contributed by atoms with van der Waals surface area (Å²) in [7, 11) is 1.44. The Hall–Kier alpha value is -2.90. The number of hydrogen-bond acceptors (Lipinski definition) is 7. The van der Waals surface area contributed by atoms with Gasteiger partial charge in [0.25, 0.3) is 0 Å². The molecule has 4 rings (SSSR count). The Morgan fingerprint density at radius 3 is 2.49 bits per heavy atom. The molecule has 1 aromatic carbocycles. The third-order valence-corrected chi connectivity index (χ3v) is 7.04. The lowest BCUT2D eigenvalue weighted by Gasteiger charge is -2.26. The van der Waals surface area contributed by atoms with Crippen LogP contribution in [0.3, 0.4) is 0 Å². The lowest BCUT2D eigenvalue weighted by molar-refractivity contribution is -0.141. The molecule has 35 heavy (non-hydrogen) atoms. The number of hydrogen-bond donors (Lipinski definition) is 0. The lowest BCUT2D eigenvalue weighted by Crippen LogP contribution is -2.38. The molecule has 0 spiro atoms. The Morgan fingerprint density at radius 1 is 1.09 bits per heavy atom. The number of ether oxygens (including phenoxy) is 2. The molecule has 2 heterocycles. The van der Waals surface area contributed by atoms with Crippen molar-refractivity contribution in [2.45, 2.75) is 83.7 Å². The molecule has 0 saturated heterocycles. The van der Waals surface area contributed by atoms with E-state index in [1.54, 1.807) is 4.90 Å². The van der Waals surface area contributed by atoms with Crippen molar-refractivity contribution in [2.24, 2.45) is 5.92 Å². The fraction of sp³-hybridized carbons (Fsp3) is 0.630. The Labute approximate surface area is 207 Å². The van der Waals surface area contributed by atoms with Crippen molar-refractivity contribution in [3.63, 3.8) is 0 Å². The van der Waals surface area contributed by atoms with E-state index < -0.39 is 5.60 Å². The van der Waals surface area contributed by atoms with Crippen LogP contribution in [0.1, 0.15) is 82.2 Å². The molecule has 0 unspecified atom stereocenters. The topological polar surface area (TPSA) is 94.8 Å². The number of benzene rings is 1. The van der Waals surface area contributed by atoms with Crippen LogP contribution in [0, 0.1) is 5.92 Å². The van der Waals surface area contributed by atoms with E-state index in [1.807, 2.05) is 26.8 Å². The van der Waals surface area contributed by atoms with Crippen molar-refractivity contribution in [3.8, 4) is 11.4 Å². The average Bonchev–Trinajstić information content (AvgIpc) is 3.22. The fourth-order valence-electron chi connectivity index (χ4n) is 5.01. The second-order valence-electron chi connectivity index (χ2n) is 10.7. The number of methoxy groups -OCH3 is 1. The molecule has 0 N–H and O–H groups in total. The zero-order valence-corrected chi connectivity index (χ0v) is 21.3. The molecular weight excluding hydrogens is 446 g/mol. The van der Waals surface area contributed by atoms with Crippen molar-refractivity contribution in [1.29, 1.82) is 0 Å². The first kappa shape index (κ1) is 25.2. The van der Waals surface area contributed by atoms with Gasteiger partial charge in [-0.2, -0.15) is 4.98 Å². The number of fused-ring (bicyclic) bond motifs is 1. The maximum atomic E-state index is 12.5. The summed E-state index contributed by atoms with van der Waals surface area (Å²) < 4.78 is 16.0. The van der Waals surface area contributed by atoms with Gasteiger partial charge in [0.15, 0.2) is 0 Å². The summed E-state index contributed by atoms with van der Waals surface area (Å²) in [6, 6.07) is 6.29. The van der Waals surface area contributed by atoms with E-state index in [-0.39, 0.29) is 18.0 Å². The van der Waals surface area contributed by atoms with Crippen LogP contribution in [0.5, 0.6) is 0 Å². The SMILES string of the molecule is COC(=O)CC[C@H]1CC[C@H](c2nc(-c3ccc4c(c3)CCN(C(=O)OC(C)(C)C)CC4)no2)CC1. The van der Waals surface area contributed by atoms with Crippen LogP contribution in [0.4, 0.5) is 4.79 Å². The molecule has 1 saturated carbocycles. The number of nitrogens with zero attached hydrogens (tertiary/aromatic N) is 3. The average molecular weight is 484 g/mol. The minimum Gasteiger partial charge on any atom is -0.469 e. The molecule has 2 aromatic rings. The van der Waals surface area contributed by atoms with Crippen LogP contribution in [-0.2, 0) is 27.1 Å². The molecule has 190 valence electrons. The highest BCUT2D eigenvalue weighted by atomic mass is 16.6. The van der Waals surface area contributed by atoms with Gasteiger partial charge in [0.05, 0.1) is 7.11 Å². The maximum absolute atomic E-state index is 12.5. The van der Waals surface area contributed by atoms with Crippen molar-refractivity contribution in [1.82, 2.24) is 15.0 Å². The van der Waals surface area contributed by atoms with E-state index in [1.165, 1.54) is 18.2 Å². The largest absolute Gasteiger partial charge is 0.469 e. The van der Waals surface area contributed by atoms with Gasteiger partial charge < -0.3 is 18.9 Å². The van der Waals surface area contributed by atoms with E-state index in [4.69, 9.17) is 19.0 Å². The van der Waals surface area contributed by atoms with Crippen molar-refractivity contribution >= 4 is 12.1 Å². The second-order valence-corrected chi connectivity index (χ2v) is 10.7. The first-order chi connectivity index (χ1) is 16.7. The zero-order valence-electron chi connectivity index (χ0n) is 21.3. The smallest absolute Gasteiger partial charge is 0.410 e. The van der Waals surface area contributed by atoms with Crippen molar-refractivity contribution in [2.75, 3.05) is 20.2 Å². The molecule has 8 nitrogen and oxygen atoms in total. The Kier molecular flexibility index (Phi) is 7.77. The second kappa shape index (κ2) is 10.8. The normalized spacial score (nSPS) is 20.6. The van der Waals surface area contributed by atoms with Crippen LogP contribution < -0.4 is 0 Å². The predicted octanol–water partition coefficient (Wildman–Crippen LogP) is 5.30. The van der Waals surface area contributed by atoms with Gasteiger partial charge in [-0.05, 0) is 88.8 Å². The molecule has 1 aliphatic heterocycles. The molecule has 1 fully saturated rings. The molecule has 1 aromatic heterocycles. The predicted molar refractivity (Wildman–Crippen MR) is 131 cm³/mol. The molecule has 0 atom stereocenters. The molecule has 1 amide bonds. The minimum atomic E-state index is -0.498. The van der Waals surface area contributed by atoms with Crippen LogP contribution in [0.2, 0.25) is 0 Å². The highest BCUT2D eigenvalue weighted by Crippen LogP contribution is 2.37. The van der Waals surface area contributed by atoms with Crippen molar-refractivity contribution in [3.05, 3.63) is 35.2 Å². The molecular formula is C27H37N3O5. The number of esters is 1. The quantitative estimate of drug-likeness (QED) is 0.533. The summed E-state index contributed by atoms with van der Waals surface area (Å²) in [5.41, 5.74) is 2.90. The number of carbonyl (C=O) groups excluding carboxylic acids is 2. The summed E-state index contributed by atoms with van der Waals surface area (Å²) >= 11 is 0. The fourth-order valence-corrected chi connectivity index (χ4v) is 5.01. The summed E-state index contributed by atoms with van der Waals surface area (Å²) in [5.74, 6) is 2.01. The zero-order chi connectivity index (χ0) is 25.0. The van der Waals surface area contributed by atoms with Gasteiger partial charge in [0.2, 0.25) is 11.7 Å². The van der Waals surface area contributed by atoms with E-state index in [0.717, 1.165) is 50.5 Å².